The van der Waals surface area contributed by atoms with Gasteiger partial charge in [0.05, 0.1) is 6.10 Å². The number of oxime groups is 1. The highest BCUT2D eigenvalue weighted by atomic mass is 16.6. The molecule has 26 heavy (non-hydrogen) atoms. The smallest absolute Gasteiger partial charge is 0.129 e. The van der Waals surface area contributed by atoms with Crippen molar-refractivity contribution in [2.45, 2.75) is 38.7 Å². The zero-order chi connectivity index (χ0) is 18.5. The van der Waals surface area contributed by atoms with Crippen LogP contribution >= 0.6 is 0 Å². The average molecular weight is 359 g/mol. The highest BCUT2D eigenvalue weighted by molar-refractivity contribution is 5.61. The standard InChI is InChI=1S/C22H34N2O2/c1-16-11-18(12-17-7-5-4-6-8-17)13-20-21(25)14-19(22(16)20)15-23-26-10-9-24(2)3/h4-8,15-16,18-22,25H,9-14H2,1-3H3/b23-15+/t16?,18-,19+,20+,21?,22+/m0/s1. The Balaban J connectivity index is 1.56. The third kappa shape index (κ3) is 4.86. The van der Waals surface area contributed by atoms with Crippen molar-refractivity contribution in [3.8, 4) is 0 Å². The van der Waals surface area contributed by atoms with Crippen LogP contribution in [0, 0.1) is 29.6 Å². The number of fused-ring (bicyclic) bond motifs is 1. The molecular weight excluding hydrogens is 324 g/mol. The quantitative estimate of drug-likeness (QED) is 0.461. The van der Waals surface area contributed by atoms with E-state index in [1.54, 1.807) is 0 Å². The molecule has 2 unspecified atom stereocenters. The average Bonchev–Trinajstić information content (AvgIpc) is 2.92. The summed E-state index contributed by atoms with van der Waals surface area (Å²) in [7, 11) is 4.06. The van der Waals surface area contributed by atoms with E-state index in [0.717, 1.165) is 25.8 Å². The molecule has 1 N–H and O–H groups in total. The Morgan fingerprint density at radius 1 is 1.19 bits per heavy atom. The molecule has 1 aromatic rings. The molecule has 0 bridgehead atoms. The van der Waals surface area contributed by atoms with Crippen LogP contribution in [0.4, 0.5) is 0 Å². The number of rotatable bonds is 7. The van der Waals surface area contributed by atoms with Crippen molar-refractivity contribution >= 4 is 6.21 Å². The predicted molar refractivity (Wildman–Crippen MR) is 106 cm³/mol. The summed E-state index contributed by atoms with van der Waals surface area (Å²) in [5, 5.41) is 14.9. The van der Waals surface area contributed by atoms with Gasteiger partial charge in [-0.1, -0.05) is 42.4 Å². The normalized spacial score (nSPS) is 34.3. The number of likely N-dealkylation sites (N-methyl/N-ethyl adjacent to an activating group) is 1. The summed E-state index contributed by atoms with van der Waals surface area (Å²) in [4.78, 5) is 7.49. The molecule has 0 saturated heterocycles. The maximum Gasteiger partial charge on any atom is 0.129 e. The highest BCUT2D eigenvalue weighted by Gasteiger charge is 2.48. The Kier molecular flexibility index (Phi) is 6.71. The minimum absolute atomic E-state index is 0.195. The van der Waals surface area contributed by atoms with Gasteiger partial charge in [0.25, 0.3) is 0 Å². The molecule has 0 aromatic heterocycles. The van der Waals surface area contributed by atoms with Crippen LogP contribution in [-0.4, -0.2) is 49.6 Å². The second-order valence-corrected chi connectivity index (χ2v) is 8.60. The highest BCUT2D eigenvalue weighted by Crippen LogP contribution is 2.50. The van der Waals surface area contributed by atoms with Crippen molar-refractivity contribution in [2.75, 3.05) is 27.2 Å². The number of benzene rings is 1. The van der Waals surface area contributed by atoms with Gasteiger partial charge in [0.2, 0.25) is 0 Å². The van der Waals surface area contributed by atoms with Crippen LogP contribution < -0.4 is 0 Å². The van der Waals surface area contributed by atoms with Crippen LogP contribution in [0.25, 0.3) is 0 Å². The van der Waals surface area contributed by atoms with Gasteiger partial charge in [0, 0.05) is 18.7 Å². The van der Waals surface area contributed by atoms with Crippen molar-refractivity contribution in [3.63, 3.8) is 0 Å². The van der Waals surface area contributed by atoms with Gasteiger partial charge in [-0.15, -0.1) is 0 Å². The van der Waals surface area contributed by atoms with Gasteiger partial charge in [-0.05, 0) is 69.0 Å². The molecule has 4 heteroatoms. The van der Waals surface area contributed by atoms with Crippen molar-refractivity contribution in [1.29, 1.82) is 0 Å². The van der Waals surface area contributed by atoms with Crippen LogP contribution in [0.5, 0.6) is 0 Å². The zero-order valence-corrected chi connectivity index (χ0v) is 16.4. The van der Waals surface area contributed by atoms with Gasteiger partial charge in [0.15, 0.2) is 0 Å². The summed E-state index contributed by atoms with van der Waals surface area (Å²) in [6, 6.07) is 10.8. The molecule has 0 amide bonds. The van der Waals surface area contributed by atoms with Crippen molar-refractivity contribution in [1.82, 2.24) is 4.90 Å². The first-order chi connectivity index (χ1) is 12.5. The number of aliphatic hydroxyl groups excluding tert-OH is 1. The summed E-state index contributed by atoms with van der Waals surface area (Å²) in [5.74, 6) is 2.60. The van der Waals surface area contributed by atoms with E-state index < -0.39 is 0 Å². The van der Waals surface area contributed by atoms with E-state index in [1.165, 1.54) is 12.0 Å². The van der Waals surface area contributed by atoms with Gasteiger partial charge in [-0.25, -0.2) is 0 Å². The molecule has 2 aliphatic rings. The molecule has 2 fully saturated rings. The summed E-state index contributed by atoms with van der Waals surface area (Å²) >= 11 is 0. The van der Waals surface area contributed by atoms with Crippen molar-refractivity contribution in [2.24, 2.45) is 34.7 Å². The van der Waals surface area contributed by atoms with Gasteiger partial charge in [0.1, 0.15) is 6.61 Å². The summed E-state index contributed by atoms with van der Waals surface area (Å²) in [6.07, 6.45) is 6.12. The van der Waals surface area contributed by atoms with Gasteiger partial charge < -0.3 is 14.8 Å². The minimum Gasteiger partial charge on any atom is -0.395 e. The second kappa shape index (κ2) is 9.01. The van der Waals surface area contributed by atoms with E-state index in [4.69, 9.17) is 4.84 Å². The fraction of sp³-hybridized carbons (Fsp3) is 0.682. The van der Waals surface area contributed by atoms with Gasteiger partial charge in [-0.2, -0.15) is 0 Å². The third-order valence-electron chi connectivity index (χ3n) is 6.29. The molecular formula is C22H34N2O2. The summed E-state index contributed by atoms with van der Waals surface area (Å²) < 4.78 is 0. The van der Waals surface area contributed by atoms with E-state index in [1.807, 2.05) is 20.3 Å². The first kappa shape index (κ1) is 19.4. The molecule has 6 atom stereocenters. The van der Waals surface area contributed by atoms with E-state index in [-0.39, 0.29) is 6.10 Å². The Bertz CT molecular complexity index is 575. The van der Waals surface area contributed by atoms with Crippen molar-refractivity contribution in [3.05, 3.63) is 35.9 Å². The fourth-order valence-electron chi connectivity index (χ4n) is 5.18. The first-order valence-electron chi connectivity index (χ1n) is 10.1. The molecule has 3 rings (SSSR count). The SMILES string of the molecule is CC1C[C@@H](Cc2ccccc2)C[C@@H]2C(O)C[C@H](/C=N/OCCN(C)C)[C@@H]12. The Morgan fingerprint density at radius 3 is 2.69 bits per heavy atom. The molecule has 0 radical (unpaired) electrons. The molecule has 4 nitrogen and oxygen atoms in total. The number of hydrogen-bond acceptors (Lipinski definition) is 4. The monoisotopic (exact) mass is 358 g/mol. The van der Waals surface area contributed by atoms with Gasteiger partial charge >= 0.3 is 0 Å². The van der Waals surface area contributed by atoms with Crippen LogP contribution in [0.15, 0.2) is 35.5 Å². The Morgan fingerprint density at radius 2 is 1.96 bits per heavy atom. The molecule has 0 spiro atoms. The lowest BCUT2D eigenvalue weighted by molar-refractivity contribution is 0.0501. The van der Waals surface area contributed by atoms with E-state index in [9.17, 15) is 5.11 Å². The molecule has 2 aliphatic carbocycles. The lowest BCUT2D eigenvalue weighted by atomic mass is 9.66. The van der Waals surface area contributed by atoms with Crippen LogP contribution in [0.2, 0.25) is 0 Å². The lowest BCUT2D eigenvalue weighted by Gasteiger charge is -2.39. The van der Waals surface area contributed by atoms with Crippen molar-refractivity contribution < 1.29 is 9.94 Å². The lowest BCUT2D eigenvalue weighted by Crippen LogP contribution is -2.35. The topological polar surface area (TPSA) is 45.1 Å². The van der Waals surface area contributed by atoms with E-state index >= 15 is 0 Å². The first-order valence-corrected chi connectivity index (χ1v) is 10.1. The third-order valence-corrected chi connectivity index (χ3v) is 6.29. The Hall–Kier alpha value is -1.39. The summed E-state index contributed by atoms with van der Waals surface area (Å²) in [6.45, 7) is 3.84. The van der Waals surface area contributed by atoms with Gasteiger partial charge in [-0.3, -0.25) is 0 Å². The molecule has 0 heterocycles. The maximum absolute atomic E-state index is 10.7. The van der Waals surface area contributed by atoms with Crippen LogP contribution in [0.3, 0.4) is 0 Å². The molecule has 2 saturated carbocycles. The minimum atomic E-state index is -0.195. The fourth-order valence-corrected chi connectivity index (χ4v) is 5.18. The van der Waals surface area contributed by atoms with E-state index in [0.29, 0.717) is 36.2 Å². The Labute approximate surface area is 158 Å². The second-order valence-electron chi connectivity index (χ2n) is 8.60. The van der Waals surface area contributed by atoms with E-state index in [2.05, 4.69) is 47.3 Å². The predicted octanol–water partition coefficient (Wildman–Crippen LogP) is 3.45. The van der Waals surface area contributed by atoms with Crippen LogP contribution in [0.1, 0.15) is 31.7 Å². The number of aliphatic hydroxyl groups is 1. The molecule has 1 aromatic carbocycles. The maximum atomic E-state index is 10.7. The number of hydrogen-bond donors (Lipinski definition) is 1. The summed E-state index contributed by atoms with van der Waals surface area (Å²) in [5.41, 5.74) is 1.42. The largest absolute Gasteiger partial charge is 0.395 e. The molecule has 0 aliphatic heterocycles. The zero-order valence-electron chi connectivity index (χ0n) is 16.4. The van der Waals surface area contributed by atoms with Crippen LogP contribution in [-0.2, 0) is 11.3 Å². The number of nitrogens with zero attached hydrogens (tertiary/aromatic N) is 2. The molecule has 144 valence electrons.